The monoisotopic (exact) mass is 298 g/mol. The normalized spacial score (nSPS) is 11.9. The molecule has 1 aromatic heterocycles. The Kier molecular flexibility index (Phi) is 3.90. The van der Waals surface area contributed by atoms with E-state index in [9.17, 15) is 5.11 Å². The van der Waals surface area contributed by atoms with Crippen molar-refractivity contribution in [3.8, 4) is 11.3 Å². The molecule has 1 N–H and O–H groups in total. The first-order valence-electron chi connectivity index (χ1n) is 5.98. The highest BCUT2D eigenvalue weighted by Crippen LogP contribution is 2.29. The number of benzene rings is 1. The van der Waals surface area contributed by atoms with E-state index in [1.807, 2.05) is 19.2 Å². The average Bonchev–Trinajstić information content (AvgIpc) is 2.61. The number of rotatable bonds is 3. The van der Waals surface area contributed by atoms with E-state index in [-0.39, 0.29) is 0 Å². The molecule has 0 aliphatic rings. The first kappa shape index (κ1) is 14.4. The summed E-state index contributed by atoms with van der Waals surface area (Å²) in [5.41, 5.74) is 2.00. The van der Waals surface area contributed by atoms with Crippen LogP contribution in [0.15, 0.2) is 24.4 Å². The molecule has 1 heterocycles. The van der Waals surface area contributed by atoms with E-state index in [2.05, 4.69) is 5.10 Å². The van der Waals surface area contributed by atoms with E-state index < -0.39 is 5.60 Å². The Morgan fingerprint density at radius 2 is 1.95 bits per heavy atom. The summed E-state index contributed by atoms with van der Waals surface area (Å²) in [7, 11) is 0. The van der Waals surface area contributed by atoms with Crippen molar-refractivity contribution >= 4 is 23.2 Å². The van der Waals surface area contributed by atoms with Gasteiger partial charge in [-0.1, -0.05) is 29.3 Å². The minimum Gasteiger partial charge on any atom is -0.389 e. The van der Waals surface area contributed by atoms with Crippen LogP contribution in [-0.4, -0.2) is 20.5 Å². The van der Waals surface area contributed by atoms with E-state index in [0.717, 1.165) is 16.8 Å². The third-order valence-corrected chi connectivity index (χ3v) is 3.43. The SMILES string of the molecule is Cc1cn(CC(C)(C)O)nc1-c1ccc(Cl)c(Cl)c1. The summed E-state index contributed by atoms with van der Waals surface area (Å²) in [4.78, 5) is 0. The van der Waals surface area contributed by atoms with Gasteiger partial charge in [-0.25, -0.2) is 0 Å². The van der Waals surface area contributed by atoms with Gasteiger partial charge in [0, 0.05) is 11.8 Å². The zero-order valence-electron chi connectivity index (χ0n) is 11.1. The quantitative estimate of drug-likeness (QED) is 0.932. The summed E-state index contributed by atoms with van der Waals surface area (Å²) in [6.07, 6.45) is 1.91. The van der Waals surface area contributed by atoms with Crippen LogP contribution in [0.4, 0.5) is 0 Å². The minimum absolute atomic E-state index is 0.440. The molecule has 0 saturated carbocycles. The molecule has 0 bridgehead atoms. The standard InChI is InChI=1S/C14H16Cl2N2O/c1-9-7-18(8-14(2,3)19)17-13(9)10-4-5-11(15)12(16)6-10/h4-7,19H,8H2,1-3H3. The molecule has 19 heavy (non-hydrogen) atoms. The highest BCUT2D eigenvalue weighted by Gasteiger charge is 2.16. The molecule has 0 aliphatic heterocycles. The van der Waals surface area contributed by atoms with Crippen LogP contribution in [0.25, 0.3) is 11.3 Å². The smallest absolute Gasteiger partial charge is 0.0952 e. The lowest BCUT2D eigenvalue weighted by Gasteiger charge is -2.16. The second-order valence-corrected chi connectivity index (χ2v) is 6.11. The Hall–Kier alpha value is -1.03. The number of aromatic nitrogens is 2. The van der Waals surface area contributed by atoms with Gasteiger partial charge in [-0.2, -0.15) is 5.10 Å². The highest BCUT2D eigenvalue weighted by molar-refractivity contribution is 6.42. The number of hydrogen-bond donors (Lipinski definition) is 1. The zero-order chi connectivity index (χ0) is 14.2. The van der Waals surface area contributed by atoms with Crippen LogP contribution in [0.5, 0.6) is 0 Å². The fourth-order valence-corrected chi connectivity index (χ4v) is 2.23. The van der Waals surface area contributed by atoms with Crippen molar-refractivity contribution in [2.75, 3.05) is 0 Å². The Morgan fingerprint density at radius 3 is 2.53 bits per heavy atom. The molecule has 0 unspecified atom stereocenters. The lowest BCUT2D eigenvalue weighted by molar-refractivity contribution is 0.0578. The van der Waals surface area contributed by atoms with Crippen molar-refractivity contribution < 1.29 is 5.11 Å². The second-order valence-electron chi connectivity index (χ2n) is 5.30. The Bertz CT molecular complexity index is 600. The Balaban J connectivity index is 2.37. The summed E-state index contributed by atoms with van der Waals surface area (Å²) in [6.45, 7) is 5.92. The molecule has 3 nitrogen and oxygen atoms in total. The van der Waals surface area contributed by atoms with Crippen LogP contribution >= 0.6 is 23.2 Å². The lowest BCUT2D eigenvalue weighted by Crippen LogP contribution is -2.26. The van der Waals surface area contributed by atoms with E-state index in [1.54, 1.807) is 30.7 Å². The maximum atomic E-state index is 9.82. The molecule has 0 spiro atoms. The molecule has 5 heteroatoms. The molecule has 2 aromatic rings. The molecule has 2 rings (SSSR count). The maximum absolute atomic E-state index is 9.82. The number of aryl methyl sites for hydroxylation is 1. The third-order valence-electron chi connectivity index (χ3n) is 2.69. The van der Waals surface area contributed by atoms with Gasteiger partial charge in [0.1, 0.15) is 0 Å². The van der Waals surface area contributed by atoms with Gasteiger partial charge in [-0.05, 0) is 38.5 Å². The van der Waals surface area contributed by atoms with Gasteiger partial charge in [0.15, 0.2) is 0 Å². The van der Waals surface area contributed by atoms with Gasteiger partial charge in [0.2, 0.25) is 0 Å². The van der Waals surface area contributed by atoms with E-state index in [4.69, 9.17) is 23.2 Å². The molecule has 102 valence electrons. The second kappa shape index (κ2) is 5.16. The number of aliphatic hydroxyl groups is 1. The van der Waals surface area contributed by atoms with Crippen molar-refractivity contribution in [2.24, 2.45) is 0 Å². The molecule has 0 aliphatic carbocycles. The first-order valence-corrected chi connectivity index (χ1v) is 6.74. The van der Waals surface area contributed by atoms with Gasteiger partial charge in [-0.3, -0.25) is 4.68 Å². The van der Waals surface area contributed by atoms with Crippen molar-refractivity contribution in [3.05, 3.63) is 40.0 Å². The summed E-state index contributed by atoms with van der Waals surface area (Å²) in [6, 6.07) is 5.44. The number of hydrogen-bond acceptors (Lipinski definition) is 2. The highest BCUT2D eigenvalue weighted by atomic mass is 35.5. The predicted octanol–water partition coefficient (Wildman–Crippen LogP) is 3.94. The largest absolute Gasteiger partial charge is 0.389 e. The number of nitrogens with zero attached hydrogens (tertiary/aromatic N) is 2. The summed E-state index contributed by atoms with van der Waals surface area (Å²) < 4.78 is 1.74. The van der Waals surface area contributed by atoms with Crippen molar-refractivity contribution in [2.45, 2.75) is 32.9 Å². The van der Waals surface area contributed by atoms with E-state index in [1.165, 1.54) is 0 Å². The molecular formula is C14H16Cl2N2O. The van der Waals surface area contributed by atoms with Gasteiger partial charge >= 0.3 is 0 Å². The maximum Gasteiger partial charge on any atom is 0.0952 e. The molecule has 0 atom stereocenters. The fourth-order valence-electron chi connectivity index (χ4n) is 1.93. The fraction of sp³-hybridized carbons (Fsp3) is 0.357. The summed E-state index contributed by atoms with van der Waals surface area (Å²) in [5, 5.41) is 15.4. The molecular weight excluding hydrogens is 283 g/mol. The molecule has 0 fully saturated rings. The molecule has 0 amide bonds. The predicted molar refractivity (Wildman–Crippen MR) is 78.7 cm³/mol. The Labute approximate surface area is 122 Å². The minimum atomic E-state index is -0.798. The van der Waals surface area contributed by atoms with Crippen LogP contribution in [-0.2, 0) is 6.54 Å². The average molecular weight is 299 g/mol. The van der Waals surface area contributed by atoms with Crippen LogP contribution in [0.1, 0.15) is 19.4 Å². The van der Waals surface area contributed by atoms with Crippen LogP contribution < -0.4 is 0 Å². The summed E-state index contributed by atoms with van der Waals surface area (Å²) >= 11 is 11.9. The lowest BCUT2D eigenvalue weighted by atomic mass is 10.1. The van der Waals surface area contributed by atoms with Crippen molar-refractivity contribution in [1.29, 1.82) is 0 Å². The van der Waals surface area contributed by atoms with Crippen LogP contribution in [0.3, 0.4) is 0 Å². The van der Waals surface area contributed by atoms with Crippen LogP contribution in [0.2, 0.25) is 10.0 Å². The zero-order valence-corrected chi connectivity index (χ0v) is 12.6. The van der Waals surface area contributed by atoms with Crippen molar-refractivity contribution in [1.82, 2.24) is 9.78 Å². The van der Waals surface area contributed by atoms with Crippen molar-refractivity contribution in [3.63, 3.8) is 0 Å². The number of halogens is 2. The molecule has 1 aromatic carbocycles. The van der Waals surface area contributed by atoms with E-state index in [0.29, 0.717) is 16.6 Å². The van der Waals surface area contributed by atoms with Gasteiger partial charge in [0.05, 0.1) is 27.9 Å². The van der Waals surface area contributed by atoms with Gasteiger partial charge < -0.3 is 5.11 Å². The molecule has 0 radical (unpaired) electrons. The summed E-state index contributed by atoms with van der Waals surface area (Å²) in [5.74, 6) is 0. The topological polar surface area (TPSA) is 38.0 Å². The Morgan fingerprint density at radius 1 is 1.26 bits per heavy atom. The first-order chi connectivity index (χ1) is 8.76. The van der Waals surface area contributed by atoms with Gasteiger partial charge in [-0.15, -0.1) is 0 Å². The van der Waals surface area contributed by atoms with E-state index >= 15 is 0 Å². The van der Waals surface area contributed by atoms with Crippen LogP contribution in [0, 0.1) is 6.92 Å². The third kappa shape index (κ3) is 3.50. The molecule has 0 saturated heterocycles. The van der Waals surface area contributed by atoms with Gasteiger partial charge in [0.25, 0.3) is 0 Å².